The van der Waals surface area contributed by atoms with Crippen LogP contribution < -0.4 is 5.32 Å². The van der Waals surface area contributed by atoms with Crippen LogP contribution in [-0.4, -0.2) is 41.5 Å². The summed E-state index contributed by atoms with van der Waals surface area (Å²) < 4.78 is 4.49. The highest BCUT2D eigenvalue weighted by atomic mass is 16.5. The van der Waals surface area contributed by atoms with E-state index in [1.165, 1.54) is 13.5 Å². The van der Waals surface area contributed by atoms with E-state index in [9.17, 15) is 14.7 Å². The molecule has 1 aliphatic rings. The fraction of sp³-hybridized carbons (Fsp3) is 0.846. The van der Waals surface area contributed by atoms with Crippen molar-refractivity contribution in [2.24, 2.45) is 5.92 Å². The van der Waals surface area contributed by atoms with Crippen LogP contribution in [0.5, 0.6) is 0 Å². The Morgan fingerprint density at radius 3 is 2.47 bits per heavy atom. The van der Waals surface area contributed by atoms with E-state index < -0.39 is 24.2 Å². The van der Waals surface area contributed by atoms with Gasteiger partial charge in [-0.2, -0.15) is 0 Å². The molecule has 0 aliphatic heterocycles. The number of ether oxygens (including phenoxy) is 1. The average Bonchev–Trinajstić information content (AvgIpc) is 2.38. The third-order valence-corrected chi connectivity index (χ3v) is 3.69. The lowest BCUT2D eigenvalue weighted by molar-refractivity contribution is -0.143. The summed E-state index contributed by atoms with van der Waals surface area (Å²) in [6.07, 6.45) is 3.81. The molecule has 6 nitrogen and oxygen atoms in total. The Hall–Kier alpha value is -1.30. The van der Waals surface area contributed by atoms with Crippen LogP contribution >= 0.6 is 0 Å². The van der Waals surface area contributed by atoms with E-state index in [2.05, 4.69) is 10.1 Å². The predicted octanol–water partition coefficient (Wildman–Crippen LogP) is 1.52. The summed E-state index contributed by atoms with van der Waals surface area (Å²) in [6, 6.07) is -0.611. The van der Waals surface area contributed by atoms with Crippen molar-refractivity contribution in [3.63, 3.8) is 0 Å². The normalized spacial score (nSPS) is 19.5. The number of hydrogen-bond donors (Lipinski definition) is 3. The van der Waals surface area contributed by atoms with Gasteiger partial charge in [-0.05, 0) is 12.3 Å². The lowest BCUT2D eigenvalue weighted by atomic mass is 9.83. The van der Waals surface area contributed by atoms with Crippen LogP contribution in [0.4, 0.5) is 4.79 Å². The molecule has 1 amide bonds. The first kappa shape index (κ1) is 15.8. The largest absolute Gasteiger partial charge is 0.469 e. The second kappa shape index (κ2) is 7.99. The summed E-state index contributed by atoms with van der Waals surface area (Å²) in [5, 5.41) is 21.1. The topological polar surface area (TPSA) is 95.9 Å². The van der Waals surface area contributed by atoms with Gasteiger partial charge < -0.3 is 20.3 Å². The zero-order chi connectivity index (χ0) is 14.3. The highest BCUT2D eigenvalue weighted by Gasteiger charge is 2.27. The summed E-state index contributed by atoms with van der Waals surface area (Å²) in [7, 11) is 1.25. The number of esters is 1. The molecule has 0 bridgehead atoms. The smallest absolute Gasteiger partial charge is 0.404 e. The minimum atomic E-state index is -1.18. The van der Waals surface area contributed by atoms with Gasteiger partial charge in [-0.1, -0.05) is 32.1 Å². The number of methoxy groups -OCH3 is 1. The van der Waals surface area contributed by atoms with Gasteiger partial charge in [0.1, 0.15) is 0 Å². The van der Waals surface area contributed by atoms with Crippen LogP contribution in [0, 0.1) is 5.92 Å². The number of carbonyl (C=O) groups excluding carboxylic acids is 1. The van der Waals surface area contributed by atoms with Crippen molar-refractivity contribution in [2.75, 3.05) is 7.11 Å². The molecule has 0 aromatic rings. The molecule has 0 spiro atoms. The molecular formula is C13H23NO5. The Morgan fingerprint density at radius 2 is 1.95 bits per heavy atom. The minimum Gasteiger partial charge on any atom is -0.469 e. The number of carboxylic acid groups (broad SMARTS) is 1. The molecule has 1 rings (SSSR count). The van der Waals surface area contributed by atoms with E-state index in [4.69, 9.17) is 5.11 Å². The fourth-order valence-electron chi connectivity index (χ4n) is 2.65. The van der Waals surface area contributed by atoms with Crippen molar-refractivity contribution in [3.05, 3.63) is 0 Å². The van der Waals surface area contributed by atoms with Gasteiger partial charge in [-0.3, -0.25) is 4.79 Å². The molecule has 2 atom stereocenters. The number of aliphatic hydroxyl groups excluding tert-OH is 1. The lowest BCUT2D eigenvalue weighted by Gasteiger charge is -2.29. The van der Waals surface area contributed by atoms with Crippen molar-refractivity contribution < 1.29 is 24.5 Å². The standard InChI is InChI=1S/C13H23NO5/c1-19-12(16)8-11(15)10(14-13(17)18)7-9-5-3-2-4-6-9/h9-11,14-15H,2-8H2,1H3,(H,17,18)/t10-,11-/m0/s1. The lowest BCUT2D eigenvalue weighted by Crippen LogP contribution is -2.45. The maximum absolute atomic E-state index is 11.1. The van der Waals surface area contributed by atoms with Crippen molar-refractivity contribution in [2.45, 2.75) is 57.1 Å². The molecule has 3 N–H and O–H groups in total. The van der Waals surface area contributed by atoms with Gasteiger partial charge >= 0.3 is 12.1 Å². The Morgan fingerprint density at radius 1 is 1.32 bits per heavy atom. The molecule has 0 unspecified atom stereocenters. The zero-order valence-electron chi connectivity index (χ0n) is 11.3. The predicted molar refractivity (Wildman–Crippen MR) is 68.8 cm³/mol. The van der Waals surface area contributed by atoms with Gasteiger partial charge in [0.15, 0.2) is 0 Å². The highest BCUT2D eigenvalue weighted by molar-refractivity contribution is 5.70. The Balaban J connectivity index is 2.53. The Labute approximate surface area is 113 Å². The SMILES string of the molecule is COC(=O)C[C@H](O)[C@H](CC1CCCCC1)NC(=O)O. The monoisotopic (exact) mass is 273 g/mol. The summed E-state index contributed by atoms with van der Waals surface area (Å²) in [5.74, 6) is -0.119. The van der Waals surface area contributed by atoms with Crippen LogP contribution in [0.1, 0.15) is 44.9 Å². The first-order valence-electron chi connectivity index (χ1n) is 6.77. The molecule has 0 aromatic heterocycles. The van der Waals surface area contributed by atoms with Gasteiger partial charge in [0.25, 0.3) is 0 Å². The van der Waals surface area contributed by atoms with Crippen LogP contribution in [0.15, 0.2) is 0 Å². The molecule has 0 saturated heterocycles. The summed E-state index contributed by atoms with van der Waals surface area (Å²) in [4.78, 5) is 21.9. The van der Waals surface area contributed by atoms with Crippen LogP contribution in [0.25, 0.3) is 0 Å². The van der Waals surface area contributed by atoms with Crippen molar-refractivity contribution in [1.29, 1.82) is 0 Å². The van der Waals surface area contributed by atoms with Crippen molar-refractivity contribution in [1.82, 2.24) is 5.32 Å². The maximum atomic E-state index is 11.1. The number of amides is 1. The number of rotatable bonds is 6. The summed E-state index contributed by atoms with van der Waals surface area (Å²) >= 11 is 0. The number of carbonyl (C=O) groups is 2. The highest BCUT2D eigenvalue weighted by Crippen LogP contribution is 2.28. The zero-order valence-corrected chi connectivity index (χ0v) is 11.3. The van der Waals surface area contributed by atoms with Gasteiger partial charge in [0.05, 0.1) is 25.7 Å². The second-order valence-electron chi connectivity index (χ2n) is 5.14. The molecule has 0 aromatic carbocycles. The molecular weight excluding hydrogens is 250 g/mol. The molecule has 0 radical (unpaired) electrons. The van der Waals surface area contributed by atoms with Gasteiger partial charge in [-0.25, -0.2) is 4.79 Å². The molecule has 1 saturated carbocycles. The van der Waals surface area contributed by atoms with E-state index >= 15 is 0 Å². The summed E-state index contributed by atoms with van der Waals surface area (Å²) in [6.45, 7) is 0. The first-order valence-corrected chi connectivity index (χ1v) is 6.77. The van der Waals surface area contributed by atoms with Crippen LogP contribution in [0.2, 0.25) is 0 Å². The first-order chi connectivity index (χ1) is 9.02. The van der Waals surface area contributed by atoms with Gasteiger partial charge in [-0.15, -0.1) is 0 Å². The molecule has 110 valence electrons. The van der Waals surface area contributed by atoms with E-state index in [1.807, 2.05) is 0 Å². The molecule has 1 aliphatic carbocycles. The van der Waals surface area contributed by atoms with E-state index in [-0.39, 0.29) is 6.42 Å². The van der Waals surface area contributed by atoms with Crippen molar-refractivity contribution >= 4 is 12.1 Å². The molecule has 1 fully saturated rings. The quantitative estimate of drug-likeness (QED) is 0.638. The maximum Gasteiger partial charge on any atom is 0.404 e. The molecule has 0 heterocycles. The van der Waals surface area contributed by atoms with Gasteiger partial charge in [0, 0.05) is 0 Å². The number of nitrogens with one attached hydrogen (secondary N) is 1. The van der Waals surface area contributed by atoms with E-state index in [0.29, 0.717) is 12.3 Å². The Kier molecular flexibility index (Phi) is 6.62. The third-order valence-electron chi connectivity index (χ3n) is 3.69. The molecule has 6 heteroatoms. The van der Waals surface area contributed by atoms with Crippen molar-refractivity contribution in [3.8, 4) is 0 Å². The molecule has 19 heavy (non-hydrogen) atoms. The van der Waals surface area contributed by atoms with E-state index in [0.717, 1.165) is 25.7 Å². The number of hydrogen-bond acceptors (Lipinski definition) is 4. The van der Waals surface area contributed by atoms with Crippen LogP contribution in [-0.2, 0) is 9.53 Å². The van der Waals surface area contributed by atoms with Crippen LogP contribution in [0.3, 0.4) is 0 Å². The van der Waals surface area contributed by atoms with Gasteiger partial charge in [0.2, 0.25) is 0 Å². The fourth-order valence-corrected chi connectivity index (χ4v) is 2.65. The van der Waals surface area contributed by atoms with E-state index in [1.54, 1.807) is 0 Å². The minimum absolute atomic E-state index is 0.186. The number of aliphatic hydroxyl groups is 1. The average molecular weight is 273 g/mol. The Bertz CT molecular complexity index is 301. The third kappa shape index (κ3) is 5.92. The summed E-state index contributed by atoms with van der Waals surface area (Å²) in [5.41, 5.74) is 0. The second-order valence-corrected chi connectivity index (χ2v) is 5.14.